The number of aromatic amines is 1. The number of para-hydroxylation sites is 1. The first-order chi connectivity index (χ1) is 15.8. The molecule has 33 heavy (non-hydrogen) atoms. The number of carboxylic acids is 1. The molecule has 174 valence electrons. The average Bonchev–Trinajstić information content (AvgIpc) is 3.22. The Hall–Kier alpha value is -3.17. The van der Waals surface area contributed by atoms with Crippen LogP contribution in [0.4, 0.5) is 0 Å². The summed E-state index contributed by atoms with van der Waals surface area (Å²) in [6.07, 6.45) is 4.63. The van der Waals surface area contributed by atoms with E-state index in [4.69, 9.17) is 0 Å². The van der Waals surface area contributed by atoms with Crippen molar-refractivity contribution >= 4 is 32.8 Å². The van der Waals surface area contributed by atoms with E-state index in [2.05, 4.69) is 10.3 Å². The number of carboxylic acid groups (broad SMARTS) is 1. The van der Waals surface area contributed by atoms with Crippen molar-refractivity contribution in [2.45, 2.75) is 43.0 Å². The molecule has 1 aliphatic rings. The minimum absolute atomic E-state index is 0.0400. The van der Waals surface area contributed by atoms with Crippen LogP contribution < -0.4 is 5.32 Å². The topological polar surface area (TPSA) is 120 Å². The number of amides is 1. The van der Waals surface area contributed by atoms with Gasteiger partial charge in [0.15, 0.2) is 0 Å². The van der Waals surface area contributed by atoms with Crippen molar-refractivity contribution in [3.05, 3.63) is 65.9 Å². The number of nitrogens with zero attached hydrogens (tertiary/aromatic N) is 1. The van der Waals surface area contributed by atoms with Crippen molar-refractivity contribution in [3.8, 4) is 0 Å². The fourth-order valence-electron chi connectivity index (χ4n) is 4.18. The van der Waals surface area contributed by atoms with Crippen LogP contribution in [0.15, 0.2) is 59.6 Å². The number of carbonyl (C=O) groups is 2. The molecule has 0 bridgehead atoms. The number of hydrogen-bond donors (Lipinski definition) is 3. The summed E-state index contributed by atoms with van der Waals surface area (Å²) in [5, 5.41) is 13.1. The predicted molar refractivity (Wildman–Crippen MR) is 124 cm³/mol. The van der Waals surface area contributed by atoms with Crippen molar-refractivity contribution in [2.24, 2.45) is 0 Å². The maximum atomic E-state index is 12.8. The number of hydrogen-bond acceptors (Lipinski definition) is 4. The number of fused-ring (bicyclic) bond motifs is 1. The molecule has 0 saturated carbocycles. The highest BCUT2D eigenvalue weighted by molar-refractivity contribution is 7.89. The molecule has 1 amide bonds. The smallest absolute Gasteiger partial charge is 0.326 e. The first kappa shape index (κ1) is 23.0. The van der Waals surface area contributed by atoms with E-state index in [0.717, 1.165) is 35.7 Å². The standard InChI is InChI=1S/C24H27N3O5S/c28-23(26-22(24(29)30)15-18-16-25-21-7-3-2-6-20(18)21)14-17-8-10-19(11-9-17)33(31,32)27-12-4-1-5-13-27/h2-3,6-11,16,22,25H,1,4-5,12-15H2,(H,26,28)(H,29,30)/t22-/m0/s1. The van der Waals surface area contributed by atoms with Gasteiger partial charge in [-0.25, -0.2) is 13.2 Å². The third kappa shape index (κ3) is 5.26. The molecule has 2 heterocycles. The van der Waals surface area contributed by atoms with Crippen LogP contribution in [0.2, 0.25) is 0 Å². The van der Waals surface area contributed by atoms with E-state index < -0.39 is 27.9 Å². The average molecular weight is 470 g/mol. The van der Waals surface area contributed by atoms with E-state index in [1.54, 1.807) is 18.3 Å². The van der Waals surface area contributed by atoms with Crippen molar-refractivity contribution in [1.29, 1.82) is 0 Å². The lowest BCUT2D eigenvalue weighted by atomic mass is 10.0. The van der Waals surface area contributed by atoms with Gasteiger partial charge in [0.25, 0.3) is 0 Å². The highest BCUT2D eigenvalue weighted by atomic mass is 32.2. The Morgan fingerprint density at radius 1 is 1.03 bits per heavy atom. The summed E-state index contributed by atoms with van der Waals surface area (Å²) < 4.78 is 27.0. The zero-order valence-corrected chi connectivity index (χ0v) is 19.0. The van der Waals surface area contributed by atoms with Crippen LogP contribution in [0, 0.1) is 0 Å². The summed E-state index contributed by atoms with van der Waals surface area (Å²) in [6, 6.07) is 12.7. The maximum Gasteiger partial charge on any atom is 0.326 e. The third-order valence-electron chi connectivity index (χ3n) is 5.97. The molecular weight excluding hydrogens is 442 g/mol. The highest BCUT2D eigenvalue weighted by Gasteiger charge is 2.26. The maximum absolute atomic E-state index is 12.8. The second-order valence-electron chi connectivity index (χ2n) is 8.31. The number of aliphatic carboxylic acids is 1. The molecular formula is C24H27N3O5S. The number of carbonyl (C=O) groups excluding carboxylic acids is 1. The zero-order chi connectivity index (χ0) is 23.4. The Morgan fingerprint density at radius 2 is 1.73 bits per heavy atom. The Morgan fingerprint density at radius 3 is 2.42 bits per heavy atom. The number of H-pyrrole nitrogens is 1. The first-order valence-electron chi connectivity index (χ1n) is 11.0. The predicted octanol–water partition coefficient (Wildman–Crippen LogP) is 2.70. The number of sulfonamides is 1. The number of aromatic nitrogens is 1. The van der Waals surface area contributed by atoms with Crippen LogP contribution in [0.3, 0.4) is 0 Å². The lowest BCUT2D eigenvalue weighted by Crippen LogP contribution is -2.43. The molecule has 1 atom stereocenters. The molecule has 3 aromatic rings. The second-order valence-corrected chi connectivity index (χ2v) is 10.2. The van der Waals surface area contributed by atoms with Crippen LogP contribution >= 0.6 is 0 Å². The molecule has 2 aromatic carbocycles. The molecule has 9 heteroatoms. The van der Waals surface area contributed by atoms with Gasteiger partial charge in [-0.3, -0.25) is 4.79 Å². The van der Waals surface area contributed by atoms with E-state index >= 15 is 0 Å². The fourth-order valence-corrected chi connectivity index (χ4v) is 5.70. The monoisotopic (exact) mass is 469 g/mol. The molecule has 0 aliphatic carbocycles. The van der Waals surface area contributed by atoms with E-state index in [0.29, 0.717) is 18.7 Å². The summed E-state index contributed by atoms with van der Waals surface area (Å²) in [5.41, 5.74) is 2.33. The van der Waals surface area contributed by atoms with Crippen molar-refractivity contribution in [3.63, 3.8) is 0 Å². The molecule has 3 N–H and O–H groups in total. The largest absolute Gasteiger partial charge is 0.480 e. The Balaban J connectivity index is 1.40. The van der Waals surface area contributed by atoms with E-state index in [-0.39, 0.29) is 17.7 Å². The second kappa shape index (κ2) is 9.76. The van der Waals surface area contributed by atoms with Gasteiger partial charge in [0.05, 0.1) is 11.3 Å². The molecule has 1 fully saturated rings. The summed E-state index contributed by atoms with van der Waals surface area (Å²) in [6.45, 7) is 1.05. The summed E-state index contributed by atoms with van der Waals surface area (Å²) in [4.78, 5) is 27.6. The SMILES string of the molecule is O=C(Cc1ccc(S(=O)(=O)N2CCCCC2)cc1)N[C@@H](Cc1c[nH]c2ccccc12)C(=O)O. The van der Waals surface area contributed by atoms with Crippen LogP contribution in [0.1, 0.15) is 30.4 Å². The van der Waals surface area contributed by atoms with Crippen LogP contribution in [-0.4, -0.2) is 53.8 Å². The summed E-state index contributed by atoms with van der Waals surface area (Å²) in [7, 11) is -3.53. The van der Waals surface area contributed by atoms with Gasteiger partial charge in [0.1, 0.15) is 6.04 Å². The van der Waals surface area contributed by atoms with Crippen LogP contribution in [0.25, 0.3) is 10.9 Å². The number of benzene rings is 2. The van der Waals surface area contributed by atoms with Gasteiger partial charge >= 0.3 is 5.97 Å². The number of rotatable bonds is 8. The molecule has 1 saturated heterocycles. The Bertz CT molecular complexity index is 1240. The quantitative estimate of drug-likeness (QED) is 0.469. The number of nitrogens with one attached hydrogen (secondary N) is 2. The minimum Gasteiger partial charge on any atom is -0.480 e. The van der Waals surface area contributed by atoms with E-state index in [1.165, 1.54) is 16.4 Å². The third-order valence-corrected chi connectivity index (χ3v) is 7.89. The highest BCUT2D eigenvalue weighted by Crippen LogP contribution is 2.21. The molecule has 0 unspecified atom stereocenters. The molecule has 1 aromatic heterocycles. The van der Waals surface area contributed by atoms with Crippen molar-refractivity contribution < 1.29 is 23.1 Å². The van der Waals surface area contributed by atoms with Gasteiger partial charge in [0.2, 0.25) is 15.9 Å². The van der Waals surface area contributed by atoms with Gasteiger partial charge < -0.3 is 15.4 Å². The zero-order valence-electron chi connectivity index (χ0n) is 18.2. The molecule has 1 aliphatic heterocycles. The van der Waals surface area contributed by atoms with Crippen LogP contribution in [0.5, 0.6) is 0 Å². The molecule has 8 nitrogen and oxygen atoms in total. The summed E-state index contributed by atoms with van der Waals surface area (Å²) in [5.74, 6) is -1.55. The molecule has 0 radical (unpaired) electrons. The summed E-state index contributed by atoms with van der Waals surface area (Å²) >= 11 is 0. The van der Waals surface area contributed by atoms with Crippen molar-refractivity contribution in [2.75, 3.05) is 13.1 Å². The van der Waals surface area contributed by atoms with Gasteiger partial charge in [-0.2, -0.15) is 4.31 Å². The Labute approximate surface area is 192 Å². The first-order valence-corrected chi connectivity index (χ1v) is 12.4. The van der Waals surface area contributed by atoms with Gasteiger partial charge in [-0.05, 0) is 42.2 Å². The van der Waals surface area contributed by atoms with Crippen LogP contribution in [-0.2, 0) is 32.5 Å². The lowest BCUT2D eigenvalue weighted by molar-refractivity contribution is -0.141. The van der Waals surface area contributed by atoms with Gasteiger partial charge in [-0.15, -0.1) is 0 Å². The van der Waals surface area contributed by atoms with Gasteiger partial charge in [-0.1, -0.05) is 36.8 Å². The number of piperidine rings is 1. The van der Waals surface area contributed by atoms with E-state index in [9.17, 15) is 23.1 Å². The van der Waals surface area contributed by atoms with E-state index in [1.807, 2.05) is 24.3 Å². The van der Waals surface area contributed by atoms with Gasteiger partial charge in [0, 0.05) is 36.6 Å². The normalized spacial score (nSPS) is 15.9. The lowest BCUT2D eigenvalue weighted by Gasteiger charge is -2.25. The molecule has 4 rings (SSSR count). The Kier molecular flexibility index (Phi) is 6.80. The van der Waals surface area contributed by atoms with Crippen molar-refractivity contribution in [1.82, 2.24) is 14.6 Å². The minimum atomic E-state index is -3.53. The molecule has 0 spiro atoms. The fraction of sp³-hybridized carbons (Fsp3) is 0.333.